The van der Waals surface area contributed by atoms with E-state index in [9.17, 15) is 4.79 Å². The maximum atomic E-state index is 11.2. The van der Waals surface area contributed by atoms with E-state index < -0.39 is 0 Å². The molecular weight excluding hydrogens is 224 g/mol. The third-order valence-electron chi connectivity index (χ3n) is 2.76. The van der Waals surface area contributed by atoms with E-state index in [0.29, 0.717) is 12.3 Å². The third kappa shape index (κ3) is 1.83. The average Bonchev–Trinajstić information content (AvgIpc) is 2.30. The van der Waals surface area contributed by atoms with Crippen LogP contribution >= 0.6 is 11.6 Å². The fraction of sp³-hybridized carbons (Fsp3) is 0.333. The zero-order valence-corrected chi connectivity index (χ0v) is 9.81. The largest absolute Gasteiger partial charge is 0.319 e. The molecule has 0 saturated carbocycles. The summed E-state index contributed by atoms with van der Waals surface area (Å²) in [6, 6.07) is -0.257. The molecule has 0 saturated heterocycles. The fourth-order valence-corrected chi connectivity index (χ4v) is 2.18. The molecular formula is C12H13ClN2O. The molecule has 2 heterocycles. The van der Waals surface area contributed by atoms with Crippen molar-refractivity contribution in [1.29, 1.82) is 0 Å². The lowest BCUT2D eigenvalue weighted by Crippen LogP contribution is -2.41. The van der Waals surface area contributed by atoms with Crippen LogP contribution < -0.4 is 0 Å². The molecule has 0 spiro atoms. The number of hydrogen-bond donors (Lipinski definition) is 0. The van der Waals surface area contributed by atoms with E-state index in [2.05, 4.69) is 4.99 Å². The maximum Gasteiger partial charge on any atom is 0.147 e. The maximum absolute atomic E-state index is 11.2. The molecule has 2 aliphatic rings. The molecule has 0 fully saturated rings. The van der Waals surface area contributed by atoms with E-state index in [0.717, 1.165) is 23.4 Å². The van der Waals surface area contributed by atoms with Crippen LogP contribution in [0.1, 0.15) is 13.3 Å². The Hall–Kier alpha value is -1.35. The second kappa shape index (κ2) is 4.66. The highest BCUT2D eigenvalue weighted by Gasteiger charge is 2.28. The van der Waals surface area contributed by atoms with Gasteiger partial charge in [-0.2, -0.15) is 0 Å². The van der Waals surface area contributed by atoms with E-state index in [4.69, 9.17) is 11.6 Å². The number of aliphatic imine (C=N–C) groups is 1. The summed E-state index contributed by atoms with van der Waals surface area (Å²) in [5.74, 6) is 1.32. The van der Waals surface area contributed by atoms with Crippen LogP contribution in [0.15, 0.2) is 40.7 Å². The lowest BCUT2D eigenvalue weighted by molar-refractivity contribution is -0.109. The average molecular weight is 237 g/mol. The van der Waals surface area contributed by atoms with Gasteiger partial charge in [-0.15, -0.1) is 11.6 Å². The van der Waals surface area contributed by atoms with E-state index in [-0.39, 0.29) is 6.04 Å². The Labute approximate surface area is 99.8 Å². The number of carbonyl (C=O) groups is 1. The van der Waals surface area contributed by atoms with Gasteiger partial charge in [-0.05, 0) is 31.1 Å². The van der Waals surface area contributed by atoms with Crippen LogP contribution in [-0.2, 0) is 4.79 Å². The van der Waals surface area contributed by atoms with Crippen LogP contribution in [0.25, 0.3) is 0 Å². The normalized spacial score (nSPS) is 23.2. The predicted molar refractivity (Wildman–Crippen MR) is 65.4 cm³/mol. The lowest BCUT2D eigenvalue weighted by Gasteiger charge is -2.33. The molecule has 16 heavy (non-hydrogen) atoms. The first-order chi connectivity index (χ1) is 7.77. The summed E-state index contributed by atoms with van der Waals surface area (Å²) >= 11 is 5.75. The Kier molecular flexibility index (Phi) is 3.25. The van der Waals surface area contributed by atoms with Crippen molar-refractivity contribution in [3.8, 4) is 0 Å². The number of carbonyl (C=O) groups excluding carboxylic acids is 1. The molecule has 1 atom stereocenters. The summed E-state index contributed by atoms with van der Waals surface area (Å²) in [7, 11) is 0. The van der Waals surface area contributed by atoms with E-state index in [1.807, 2.05) is 36.3 Å². The molecule has 1 unspecified atom stereocenters. The van der Waals surface area contributed by atoms with Crippen LogP contribution in [0, 0.1) is 0 Å². The summed E-state index contributed by atoms with van der Waals surface area (Å²) in [5.41, 5.74) is 1.91. The monoisotopic (exact) mass is 236 g/mol. The number of halogens is 1. The molecule has 84 valence electrons. The summed E-state index contributed by atoms with van der Waals surface area (Å²) in [5, 5.41) is 0. The van der Waals surface area contributed by atoms with Crippen molar-refractivity contribution >= 4 is 23.7 Å². The predicted octanol–water partition coefficient (Wildman–Crippen LogP) is 2.25. The first-order valence-electron chi connectivity index (χ1n) is 5.20. The summed E-state index contributed by atoms with van der Waals surface area (Å²) < 4.78 is 0. The molecule has 4 heteroatoms. The molecule has 0 amide bonds. The molecule has 3 nitrogen and oxygen atoms in total. The number of allylic oxidation sites excluding steroid dienone is 3. The summed E-state index contributed by atoms with van der Waals surface area (Å²) in [4.78, 5) is 17.6. The van der Waals surface area contributed by atoms with Crippen molar-refractivity contribution in [3.63, 3.8) is 0 Å². The lowest BCUT2D eigenvalue weighted by atomic mass is 9.99. The van der Waals surface area contributed by atoms with Gasteiger partial charge in [0.1, 0.15) is 18.2 Å². The van der Waals surface area contributed by atoms with Gasteiger partial charge in [0.25, 0.3) is 0 Å². The van der Waals surface area contributed by atoms with E-state index in [1.54, 1.807) is 0 Å². The van der Waals surface area contributed by atoms with Gasteiger partial charge in [-0.3, -0.25) is 0 Å². The molecule has 0 radical (unpaired) electrons. The zero-order valence-electron chi connectivity index (χ0n) is 9.06. The molecule has 2 aliphatic heterocycles. The van der Waals surface area contributed by atoms with Crippen LogP contribution in [-0.4, -0.2) is 28.9 Å². The van der Waals surface area contributed by atoms with Crippen molar-refractivity contribution in [1.82, 2.24) is 4.90 Å². The van der Waals surface area contributed by atoms with Gasteiger partial charge in [0.15, 0.2) is 0 Å². The number of aldehydes is 1. The third-order valence-corrected chi connectivity index (χ3v) is 2.95. The van der Waals surface area contributed by atoms with Gasteiger partial charge in [-0.1, -0.05) is 6.08 Å². The fourth-order valence-electron chi connectivity index (χ4n) is 1.98. The van der Waals surface area contributed by atoms with Crippen LogP contribution in [0.2, 0.25) is 0 Å². The van der Waals surface area contributed by atoms with Crippen molar-refractivity contribution in [2.45, 2.75) is 19.4 Å². The number of alkyl halides is 1. The molecule has 0 bridgehead atoms. The summed E-state index contributed by atoms with van der Waals surface area (Å²) in [6.45, 7) is 1.93. The molecule has 0 aromatic carbocycles. The van der Waals surface area contributed by atoms with Gasteiger partial charge in [-0.25, -0.2) is 4.99 Å². The van der Waals surface area contributed by atoms with Crippen molar-refractivity contribution in [2.75, 3.05) is 5.88 Å². The Morgan fingerprint density at radius 3 is 3.06 bits per heavy atom. The number of nitrogens with zero attached hydrogens (tertiary/aromatic N) is 2. The SMILES string of the molecule is CC1=C(CCCl)C(C=O)N2C=CC=CC2=N1. The van der Waals surface area contributed by atoms with Gasteiger partial charge in [0.2, 0.25) is 0 Å². The number of hydrogen-bond acceptors (Lipinski definition) is 3. The van der Waals surface area contributed by atoms with Gasteiger partial charge in [0, 0.05) is 17.8 Å². The standard InChI is InChI=1S/C12H13ClN2O/c1-9-10(5-6-13)11(8-16)15-7-3-2-4-12(15)14-9/h2-4,7-8,11H,5-6H2,1H3. The molecule has 0 N–H and O–H groups in total. The van der Waals surface area contributed by atoms with Crippen molar-refractivity contribution in [3.05, 3.63) is 35.7 Å². The molecule has 0 aromatic heterocycles. The second-order valence-corrected chi connectivity index (χ2v) is 4.09. The number of rotatable bonds is 3. The minimum Gasteiger partial charge on any atom is -0.319 e. The molecule has 0 aliphatic carbocycles. The first kappa shape index (κ1) is 11.1. The quantitative estimate of drug-likeness (QED) is 0.556. The highest BCUT2D eigenvalue weighted by molar-refractivity contribution is 6.18. The first-order valence-corrected chi connectivity index (χ1v) is 5.74. The minimum atomic E-state index is -0.257. The Balaban J connectivity index is 2.42. The van der Waals surface area contributed by atoms with E-state index in [1.165, 1.54) is 0 Å². The number of amidine groups is 1. The van der Waals surface area contributed by atoms with Crippen LogP contribution in [0.4, 0.5) is 0 Å². The van der Waals surface area contributed by atoms with Gasteiger partial charge >= 0.3 is 0 Å². The van der Waals surface area contributed by atoms with Crippen LogP contribution in [0.3, 0.4) is 0 Å². The van der Waals surface area contributed by atoms with Crippen molar-refractivity contribution < 1.29 is 4.79 Å². The zero-order chi connectivity index (χ0) is 11.5. The Morgan fingerprint density at radius 2 is 2.38 bits per heavy atom. The highest BCUT2D eigenvalue weighted by atomic mass is 35.5. The topological polar surface area (TPSA) is 32.7 Å². The smallest absolute Gasteiger partial charge is 0.147 e. The van der Waals surface area contributed by atoms with Crippen LogP contribution in [0.5, 0.6) is 0 Å². The van der Waals surface area contributed by atoms with Gasteiger partial charge in [0.05, 0.1) is 0 Å². The molecule has 2 rings (SSSR count). The second-order valence-electron chi connectivity index (χ2n) is 3.71. The molecule has 0 aromatic rings. The van der Waals surface area contributed by atoms with Gasteiger partial charge < -0.3 is 9.69 Å². The Morgan fingerprint density at radius 1 is 1.56 bits per heavy atom. The van der Waals surface area contributed by atoms with Crippen molar-refractivity contribution in [2.24, 2.45) is 4.99 Å². The highest BCUT2D eigenvalue weighted by Crippen LogP contribution is 2.26. The van der Waals surface area contributed by atoms with E-state index >= 15 is 0 Å². The summed E-state index contributed by atoms with van der Waals surface area (Å²) in [6.07, 6.45) is 9.23. The number of fused-ring (bicyclic) bond motifs is 1. The minimum absolute atomic E-state index is 0.257. The Bertz CT molecular complexity index is 421.